The van der Waals surface area contributed by atoms with Crippen molar-refractivity contribution in [3.8, 4) is 11.8 Å². The van der Waals surface area contributed by atoms with Crippen molar-refractivity contribution in [3.05, 3.63) is 59.9 Å². The van der Waals surface area contributed by atoms with E-state index >= 15 is 0 Å². The number of methoxy groups -OCH3 is 1. The molecule has 0 saturated heterocycles. The number of fused-ring (bicyclic) bond motifs is 1. The van der Waals surface area contributed by atoms with Gasteiger partial charge in [-0.05, 0) is 62.8 Å². The van der Waals surface area contributed by atoms with Crippen molar-refractivity contribution in [1.82, 2.24) is 24.8 Å². The zero-order chi connectivity index (χ0) is 28.2. The number of carbonyl (C=O) groups is 1. The van der Waals surface area contributed by atoms with E-state index < -0.39 is 17.8 Å². The standard InChI is InChI=1S/C28H36FN7O4/c1-39-28-32-12-9-25(35-28)34-24(27(37)38)10-14-36(15-16-40-23-17-21(29)18-30-19-23)13-3-2-6-22-8-7-20-5-4-11-31-26(20)33-22/h7-9,12,17-19,24H,2-6,10-11,13-16H2,1H3,(H,31,33)(H,37,38)(H,32,34,35)/t24-/m0/s1. The van der Waals surface area contributed by atoms with Gasteiger partial charge in [0.25, 0.3) is 0 Å². The number of ether oxygens (including phenoxy) is 2. The van der Waals surface area contributed by atoms with Crippen LogP contribution in [0.1, 0.15) is 36.9 Å². The molecular formula is C28H36FN7O4. The Hall–Kier alpha value is -4.06. The number of halogens is 1. The second-order valence-corrected chi connectivity index (χ2v) is 9.58. The van der Waals surface area contributed by atoms with Crippen LogP contribution in [0, 0.1) is 5.82 Å². The van der Waals surface area contributed by atoms with Gasteiger partial charge in [0.1, 0.15) is 35.9 Å². The van der Waals surface area contributed by atoms with Gasteiger partial charge < -0.3 is 25.2 Å². The monoisotopic (exact) mass is 553 g/mol. The molecule has 40 heavy (non-hydrogen) atoms. The summed E-state index contributed by atoms with van der Waals surface area (Å²) in [5.41, 5.74) is 2.34. The Labute approximate surface area is 233 Å². The summed E-state index contributed by atoms with van der Waals surface area (Å²) in [6, 6.07) is 6.46. The number of aliphatic carboxylic acids is 1. The predicted molar refractivity (Wildman–Crippen MR) is 148 cm³/mol. The van der Waals surface area contributed by atoms with Crippen LogP contribution in [-0.2, 0) is 17.6 Å². The van der Waals surface area contributed by atoms with Crippen LogP contribution in [0.15, 0.2) is 42.9 Å². The number of anilines is 2. The highest BCUT2D eigenvalue weighted by atomic mass is 19.1. The van der Waals surface area contributed by atoms with Crippen LogP contribution in [-0.4, -0.2) is 81.8 Å². The number of nitrogens with zero attached hydrogens (tertiary/aromatic N) is 5. The third-order valence-electron chi connectivity index (χ3n) is 6.64. The molecule has 0 fully saturated rings. The SMILES string of the molecule is COc1nccc(N[C@@H](CCN(CCCCc2ccc3c(n2)NCCC3)CCOc2cncc(F)c2)C(=O)O)n1. The summed E-state index contributed by atoms with van der Waals surface area (Å²) >= 11 is 0. The number of aryl methyl sites for hydroxylation is 2. The Bertz CT molecular complexity index is 1250. The van der Waals surface area contributed by atoms with Gasteiger partial charge in [-0.15, -0.1) is 0 Å². The van der Waals surface area contributed by atoms with E-state index in [0.29, 0.717) is 37.7 Å². The molecule has 11 nitrogen and oxygen atoms in total. The third-order valence-corrected chi connectivity index (χ3v) is 6.64. The molecule has 3 aromatic rings. The molecule has 0 spiro atoms. The van der Waals surface area contributed by atoms with Gasteiger partial charge in [-0.25, -0.2) is 19.2 Å². The molecule has 0 unspecified atom stereocenters. The first-order chi connectivity index (χ1) is 19.5. The van der Waals surface area contributed by atoms with Crippen molar-refractivity contribution in [2.45, 2.75) is 44.6 Å². The Balaban J connectivity index is 1.31. The first-order valence-electron chi connectivity index (χ1n) is 13.5. The Morgan fingerprint density at radius 2 is 2.10 bits per heavy atom. The van der Waals surface area contributed by atoms with E-state index in [1.54, 1.807) is 6.07 Å². The Kier molecular flexibility index (Phi) is 10.8. The van der Waals surface area contributed by atoms with Gasteiger partial charge in [0.2, 0.25) is 0 Å². The van der Waals surface area contributed by atoms with Crippen LogP contribution < -0.4 is 20.1 Å². The topological polar surface area (TPSA) is 135 Å². The molecule has 3 aromatic heterocycles. The number of rotatable bonds is 16. The highest BCUT2D eigenvalue weighted by Crippen LogP contribution is 2.20. The second-order valence-electron chi connectivity index (χ2n) is 9.58. The van der Waals surface area contributed by atoms with Gasteiger partial charge in [-0.1, -0.05) is 6.07 Å². The molecule has 0 aliphatic carbocycles. The molecular weight excluding hydrogens is 517 g/mol. The zero-order valence-corrected chi connectivity index (χ0v) is 22.7. The number of hydrogen-bond acceptors (Lipinski definition) is 10. The minimum Gasteiger partial charge on any atom is -0.491 e. The number of carboxylic acids is 1. The van der Waals surface area contributed by atoms with Crippen molar-refractivity contribution in [1.29, 1.82) is 0 Å². The molecule has 4 rings (SSSR count). The fraction of sp³-hybridized carbons (Fsp3) is 0.464. The van der Waals surface area contributed by atoms with Crippen LogP contribution in [0.25, 0.3) is 0 Å². The summed E-state index contributed by atoms with van der Waals surface area (Å²) in [5.74, 6) is 0.293. The first kappa shape index (κ1) is 28.9. The minimum atomic E-state index is -0.980. The third kappa shape index (κ3) is 9.01. The van der Waals surface area contributed by atoms with E-state index in [1.165, 1.54) is 31.1 Å². The molecule has 1 aliphatic heterocycles. The van der Waals surface area contributed by atoms with Crippen LogP contribution >= 0.6 is 0 Å². The highest BCUT2D eigenvalue weighted by molar-refractivity contribution is 5.76. The maximum atomic E-state index is 13.5. The predicted octanol–water partition coefficient (Wildman–Crippen LogP) is 3.43. The summed E-state index contributed by atoms with van der Waals surface area (Å²) in [4.78, 5) is 30.8. The van der Waals surface area contributed by atoms with E-state index in [1.807, 2.05) is 0 Å². The second kappa shape index (κ2) is 14.9. The summed E-state index contributed by atoms with van der Waals surface area (Å²) in [6.45, 7) is 3.09. The molecule has 0 aromatic carbocycles. The maximum Gasteiger partial charge on any atom is 0.326 e. The van der Waals surface area contributed by atoms with Crippen molar-refractivity contribution >= 4 is 17.6 Å². The van der Waals surface area contributed by atoms with Crippen molar-refractivity contribution in [2.75, 3.05) is 50.5 Å². The highest BCUT2D eigenvalue weighted by Gasteiger charge is 2.20. The molecule has 0 bridgehead atoms. The Morgan fingerprint density at radius 3 is 2.92 bits per heavy atom. The lowest BCUT2D eigenvalue weighted by Gasteiger charge is -2.24. The fourth-order valence-corrected chi connectivity index (χ4v) is 4.52. The molecule has 0 radical (unpaired) electrons. The number of unbranched alkanes of at least 4 members (excludes halogenated alkanes) is 1. The number of nitrogens with one attached hydrogen (secondary N) is 2. The first-order valence-corrected chi connectivity index (χ1v) is 13.5. The lowest BCUT2D eigenvalue weighted by molar-refractivity contribution is -0.138. The molecule has 0 saturated carbocycles. The van der Waals surface area contributed by atoms with Gasteiger partial charge in [0.15, 0.2) is 0 Å². The molecule has 214 valence electrons. The normalized spacial score (nSPS) is 13.3. The van der Waals surface area contributed by atoms with Gasteiger partial charge in [-0.2, -0.15) is 4.98 Å². The number of hydrogen-bond donors (Lipinski definition) is 3. The maximum absolute atomic E-state index is 13.5. The molecule has 4 heterocycles. The largest absolute Gasteiger partial charge is 0.491 e. The average molecular weight is 554 g/mol. The summed E-state index contributed by atoms with van der Waals surface area (Å²) in [7, 11) is 1.45. The average Bonchev–Trinajstić information content (AvgIpc) is 2.97. The lowest BCUT2D eigenvalue weighted by Crippen LogP contribution is -2.37. The molecule has 1 atom stereocenters. The molecule has 12 heteroatoms. The lowest BCUT2D eigenvalue weighted by atomic mass is 10.1. The number of pyridine rings is 2. The van der Waals surface area contributed by atoms with Crippen LogP contribution in [0.5, 0.6) is 11.8 Å². The molecule has 0 amide bonds. The van der Waals surface area contributed by atoms with E-state index in [2.05, 4.69) is 42.6 Å². The minimum absolute atomic E-state index is 0.156. The van der Waals surface area contributed by atoms with E-state index in [9.17, 15) is 14.3 Å². The van der Waals surface area contributed by atoms with E-state index in [4.69, 9.17) is 14.5 Å². The van der Waals surface area contributed by atoms with Gasteiger partial charge in [0.05, 0.1) is 19.5 Å². The number of aromatic nitrogens is 4. The smallest absolute Gasteiger partial charge is 0.326 e. The molecule has 3 N–H and O–H groups in total. The fourth-order valence-electron chi connectivity index (χ4n) is 4.52. The van der Waals surface area contributed by atoms with Crippen molar-refractivity contribution in [2.24, 2.45) is 0 Å². The van der Waals surface area contributed by atoms with Crippen molar-refractivity contribution < 1.29 is 23.8 Å². The van der Waals surface area contributed by atoms with Crippen molar-refractivity contribution in [3.63, 3.8) is 0 Å². The van der Waals surface area contributed by atoms with Gasteiger partial charge >= 0.3 is 12.0 Å². The van der Waals surface area contributed by atoms with Gasteiger partial charge in [-0.3, -0.25) is 9.88 Å². The molecule has 1 aliphatic rings. The van der Waals surface area contributed by atoms with Gasteiger partial charge in [0, 0.05) is 37.6 Å². The zero-order valence-electron chi connectivity index (χ0n) is 22.7. The summed E-state index contributed by atoms with van der Waals surface area (Å²) in [6.07, 6.45) is 9.34. The summed E-state index contributed by atoms with van der Waals surface area (Å²) in [5, 5.41) is 16.2. The number of carboxylic acid groups (broad SMARTS) is 1. The van der Waals surface area contributed by atoms with Crippen LogP contribution in [0.2, 0.25) is 0 Å². The van der Waals surface area contributed by atoms with Crippen LogP contribution in [0.3, 0.4) is 0 Å². The summed E-state index contributed by atoms with van der Waals surface area (Å²) < 4.78 is 24.2. The van der Waals surface area contributed by atoms with E-state index in [-0.39, 0.29) is 6.01 Å². The quantitative estimate of drug-likeness (QED) is 0.225. The Morgan fingerprint density at radius 1 is 1.20 bits per heavy atom. The van der Waals surface area contributed by atoms with Crippen LogP contribution in [0.4, 0.5) is 16.0 Å². The van der Waals surface area contributed by atoms with E-state index in [0.717, 1.165) is 62.9 Å².